The molecule has 20 heavy (non-hydrogen) atoms. The van der Waals surface area contributed by atoms with E-state index in [1.807, 2.05) is 29.6 Å². The molecule has 102 valence electrons. The van der Waals surface area contributed by atoms with E-state index in [0.717, 1.165) is 10.4 Å². The number of benzene rings is 1. The predicted molar refractivity (Wildman–Crippen MR) is 84.7 cm³/mol. The fraction of sp³-hybridized carbons (Fsp3) is 0.188. The van der Waals surface area contributed by atoms with Crippen molar-refractivity contribution in [3.05, 3.63) is 57.6 Å². The molecular weight excluding hydrogens is 288 g/mol. The molecule has 2 nitrogen and oxygen atoms in total. The van der Waals surface area contributed by atoms with Crippen molar-refractivity contribution in [3.63, 3.8) is 0 Å². The van der Waals surface area contributed by atoms with Gasteiger partial charge in [0.25, 0.3) is 0 Å². The molecule has 1 aromatic carbocycles. The highest BCUT2D eigenvalue weighted by molar-refractivity contribution is 7.17. The lowest BCUT2D eigenvalue weighted by atomic mass is 9.95. The third-order valence-corrected chi connectivity index (χ3v) is 5.32. The van der Waals surface area contributed by atoms with Gasteiger partial charge in [-0.2, -0.15) is 0 Å². The zero-order valence-electron chi connectivity index (χ0n) is 10.8. The van der Waals surface area contributed by atoms with Crippen LogP contribution in [0.3, 0.4) is 0 Å². The van der Waals surface area contributed by atoms with Crippen LogP contribution in [0.1, 0.15) is 10.4 Å². The predicted octanol–water partition coefficient (Wildman–Crippen LogP) is 4.45. The van der Waals surface area contributed by atoms with Crippen LogP contribution < -0.4 is 0 Å². The van der Waals surface area contributed by atoms with Crippen LogP contribution in [0.5, 0.6) is 0 Å². The summed E-state index contributed by atoms with van der Waals surface area (Å²) in [6, 6.07) is 12.2. The molecule has 0 saturated carbocycles. The molecule has 1 N–H and O–H groups in total. The zero-order valence-corrected chi connectivity index (χ0v) is 12.4. The van der Waals surface area contributed by atoms with Crippen molar-refractivity contribution >= 4 is 38.7 Å². The minimum Gasteiger partial charge on any atom is -0.481 e. The van der Waals surface area contributed by atoms with Crippen LogP contribution in [0.2, 0.25) is 0 Å². The van der Waals surface area contributed by atoms with Gasteiger partial charge in [-0.25, -0.2) is 0 Å². The number of fused-ring (bicyclic) bond motifs is 1. The molecule has 3 aromatic rings. The number of rotatable bonds is 5. The Balaban J connectivity index is 1.84. The third-order valence-electron chi connectivity index (χ3n) is 3.40. The van der Waals surface area contributed by atoms with E-state index in [1.165, 1.54) is 10.1 Å². The topological polar surface area (TPSA) is 37.3 Å². The number of hydrogen-bond donors (Lipinski definition) is 1. The Bertz CT molecular complexity index is 713. The summed E-state index contributed by atoms with van der Waals surface area (Å²) < 4.78 is 1.22. The Morgan fingerprint density at radius 3 is 2.70 bits per heavy atom. The van der Waals surface area contributed by atoms with Gasteiger partial charge in [0, 0.05) is 9.58 Å². The second kappa shape index (κ2) is 5.77. The van der Waals surface area contributed by atoms with E-state index in [-0.39, 0.29) is 5.92 Å². The highest BCUT2D eigenvalue weighted by Crippen LogP contribution is 2.29. The molecule has 0 aliphatic carbocycles. The molecule has 3 rings (SSSR count). The van der Waals surface area contributed by atoms with Crippen molar-refractivity contribution in [3.8, 4) is 0 Å². The SMILES string of the molecule is O=C(O)C(Cc1cccs1)Cc1csc2ccccc12. The van der Waals surface area contributed by atoms with Crippen molar-refractivity contribution < 1.29 is 9.90 Å². The summed E-state index contributed by atoms with van der Waals surface area (Å²) in [5, 5.41) is 14.7. The van der Waals surface area contributed by atoms with Crippen LogP contribution in [0.4, 0.5) is 0 Å². The molecule has 2 aromatic heterocycles. The van der Waals surface area contributed by atoms with E-state index in [1.54, 1.807) is 22.7 Å². The zero-order chi connectivity index (χ0) is 13.9. The van der Waals surface area contributed by atoms with Gasteiger partial charge in [0.2, 0.25) is 0 Å². The van der Waals surface area contributed by atoms with Gasteiger partial charge < -0.3 is 5.11 Å². The fourth-order valence-corrected chi connectivity index (χ4v) is 4.14. The van der Waals surface area contributed by atoms with E-state index in [9.17, 15) is 9.90 Å². The molecular formula is C16H14O2S2. The molecule has 0 radical (unpaired) electrons. The van der Waals surface area contributed by atoms with E-state index in [4.69, 9.17) is 0 Å². The molecule has 0 fully saturated rings. The molecule has 0 saturated heterocycles. The maximum Gasteiger partial charge on any atom is 0.307 e. The lowest BCUT2D eigenvalue weighted by molar-refractivity contribution is -0.141. The number of carboxylic acid groups (broad SMARTS) is 1. The standard InChI is InChI=1S/C16H14O2S2/c17-16(18)11(9-13-4-3-7-19-13)8-12-10-20-15-6-2-1-5-14(12)15/h1-7,10-11H,8-9H2,(H,17,18). The molecule has 4 heteroatoms. The summed E-state index contributed by atoms with van der Waals surface area (Å²) >= 11 is 3.31. The van der Waals surface area contributed by atoms with E-state index in [2.05, 4.69) is 17.5 Å². The van der Waals surface area contributed by atoms with Gasteiger partial charge in [0.05, 0.1) is 5.92 Å². The summed E-state index contributed by atoms with van der Waals surface area (Å²) in [7, 11) is 0. The van der Waals surface area contributed by atoms with Crippen molar-refractivity contribution in [1.82, 2.24) is 0 Å². The first kappa shape index (κ1) is 13.3. The highest BCUT2D eigenvalue weighted by Gasteiger charge is 2.20. The number of thiophene rings is 2. The molecule has 0 spiro atoms. The Kier molecular flexibility index (Phi) is 3.85. The first-order chi connectivity index (χ1) is 9.74. The largest absolute Gasteiger partial charge is 0.481 e. The average Bonchev–Trinajstić information content (AvgIpc) is 3.08. The summed E-state index contributed by atoms with van der Waals surface area (Å²) in [6.45, 7) is 0. The van der Waals surface area contributed by atoms with Gasteiger partial charge in [-0.1, -0.05) is 24.3 Å². The maximum atomic E-state index is 11.5. The minimum absolute atomic E-state index is 0.355. The van der Waals surface area contributed by atoms with Crippen molar-refractivity contribution in [2.75, 3.05) is 0 Å². The van der Waals surface area contributed by atoms with Gasteiger partial charge in [0.15, 0.2) is 0 Å². The molecule has 1 unspecified atom stereocenters. The van der Waals surface area contributed by atoms with Crippen molar-refractivity contribution in [2.24, 2.45) is 5.92 Å². The second-order valence-electron chi connectivity index (χ2n) is 4.78. The van der Waals surface area contributed by atoms with Crippen molar-refractivity contribution in [1.29, 1.82) is 0 Å². The van der Waals surface area contributed by atoms with Crippen LogP contribution in [0, 0.1) is 5.92 Å². The van der Waals surface area contributed by atoms with Gasteiger partial charge in [-0.3, -0.25) is 4.79 Å². The number of aliphatic carboxylic acids is 1. The number of carbonyl (C=O) groups is 1. The molecule has 2 heterocycles. The van der Waals surface area contributed by atoms with Crippen LogP contribution >= 0.6 is 22.7 Å². The minimum atomic E-state index is -0.714. The Hall–Kier alpha value is -1.65. The second-order valence-corrected chi connectivity index (χ2v) is 6.72. The summed E-state index contributed by atoms with van der Waals surface area (Å²) in [5.74, 6) is -1.07. The van der Waals surface area contributed by atoms with Gasteiger partial charge >= 0.3 is 5.97 Å². The summed E-state index contributed by atoms with van der Waals surface area (Å²) in [5.41, 5.74) is 1.15. The summed E-state index contributed by atoms with van der Waals surface area (Å²) in [4.78, 5) is 12.6. The van der Waals surface area contributed by atoms with Gasteiger partial charge in [-0.05, 0) is 46.7 Å². The van der Waals surface area contributed by atoms with Crippen LogP contribution in [0.25, 0.3) is 10.1 Å². The number of carboxylic acids is 1. The normalized spacial score (nSPS) is 12.6. The maximum absolute atomic E-state index is 11.5. The Morgan fingerprint density at radius 1 is 1.10 bits per heavy atom. The summed E-state index contributed by atoms with van der Waals surface area (Å²) in [6.07, 6.45) is 1.20. The highest BCUT2D eigenvalue weighted by atomic mass is 32.1. The molecule has 0 bridgehead atoms. The first-order valence-corrected chi connectivity index (χ1v) is 8.20. The smallest absolute Gasteiger partial charge is 0.307 e. The molecule has 0 aliphatic heterocycles. The van der Waals surface area contributed by atoms with Gasteiger partial charge in [0.1, 0.15) is 0 Å². The lowest BCUT2D eigenvalue weighted by Crippen LogP contribution is -2.18. The van der Waals surface area contributed by atoms with E-state index < -0.39 is 5.97 Å². The van der Waals surface area contributed by atoms with Crippen LogP contribution in [-0.4, -0.2) is 11.1 Å². The van der Waals surface area contributed by atoms with Crippen LogP contribution in [0.15, 0.2) is 47.2 Å². The lowest BCUT2D eigenvalue weighted by Gasteiger charge is -2.10. The molecule has 0 amide bonds. The Morgan fingerprint density at radius 2 is 1.95 bits per heavy atom. The van der Waals surface area contributed by atoms with Crippen LogP contribution in [-0.2, 0) is 17.6 Å². The fourth-order valence-electron chi connectivity index (χ4n) is 2.37. The quantitative estimate of drug-likeness (QED) is 0.756. The van der Waals surface area contributed by atoms with E-state index >= 15 is 0 Å². The van der Waals surface area contributed by atoms with E-state index in [0.29, 0.717) is 12.8 Å². The monoisotopic (exact) mass is 302 g/mol. The molecule has 0 aliphatic rings. The number of hydrogen-bond acceptors (Lipinski definition) is 3. The molecule has 1 atom stereocenters. The van der Waals surface area contributed by atoms with Gasteiger partial charge in [-0.15, -0.1) is 22.7 Å². The first-order valence-electron chi connectivity index (χ1n) is 6.44. The Labute approximate surface area is 125 Å². The average molecular weight is 302 g/mol. The van der Waals surface area contributed by atoms with Crippen molar-refractivity contribution in [2.45, 2.75) is 12.8 Å². The third kappa shape index (κ3) is 2.76.